The minimum absolute atomic E-state index is 0.725. The Balaban J connectivity index is 1.93. The molecule has 3 atom stereocenters. The molecule has 0 aliphatic carbocycles. The fraction of sp³-hybridized carbons (Fsp3) is 1.00. The van der Waals surface area contributed by atoms with Crippen LogP contribution in [0.4, 0.5) is 0 Å². The maximum Gasteiger partial charge on any atom is 0.0222 e. The van der Waals surface area contributed by atoms with E-state index in [1.54, 1.807) is 0 Å². The normalized spacial score (nSPS) is 35.6. The Labute approximate surface area is 111 Å². The summed E-state index contributed by atoms with van der Waals surface area (Å²) in [5.74, 6) is 3.55. The lowest BCUT2D eigenvalue weighted by Gasteiger charge is -2.43. The molecule has 2 aliphatic heterocycles. The van der Waals surface area contributed by atoms with Crippen LogP contribution in [0.2, 0.25) is 0 Å². The third-order valence-corrected chi connectivity index (χ3v) is 5.29. The maximum atomic E-state index is 3.76. The van der Waals surface area contributed by atoms with Crippen molar-refractivity contribution in [2.45, 2.75) is 58.2 Å². The lowest BCUT2D eigenvalue weighted by atomic mass is 9.97. The molecule has 0 spiro atoms. The summed E-state index contributed by atoms with van der Waals surface area (Å²) >= 11 is 2.14. The molecule has 2 rings (SSSR count). The third kappa shape index (κ3) is 3.62. The first kappa shape index (κ1) is 13.7. The number of nitrogens with zero attached hydrogens (tertiary/aromatic N) is 1. The molecule has 0 bridgehead atoms. The number of hydrogen-bond acceptors (Lipinski definition) is 3. The minimum atomic E-state index is 0.725. The molecular weight excluding hydrogens is 228 g/mol. The fourth-order valence-electron chi connectivity index (χ4n) is 3.22. The van der Waals surface area contributed by atoms with Crippen LogP contribution in [0.3, 0.4) is 0 Å². The Morgan fingerprint density at radius 2 is 2.24 bits per heavy atom. The van der Waals surface area contributed by atoms with Gasteiger partial charge >= 0.3 is 0 Å². The van der Waals surface area contributed by atoms with Crippen molar-refractivity contribution in [1.29, 1.82) is 0 Å². The van der Waals surface area contributed by atoms with Crippen molar-refractivity contribution in [3.8, 4) is 0 Å². The fourth-order valence-corrected chi connectivity index (χ4v) is 4.46. The zero-order valence-corrected chi connectivity index (χ0v) is 12.4. The van der Waals surface area contributed by atoms with E-state index in [-0.39, 0.29) is 0 Å². The summed E-state index contributed by atoms with van der Waals surface area (Å²) in [4.78, 5) is 2.82. The number of thioether (sulfide) groups is 1. The molecule has 0 saturated carbocycles. The zero-order valence-electron chi connectivity index (χ0n) is 11.6. The van der Waals surface area contributed by atoms with E-state index >= 15 is 0 Å². The summed E-state index contributed by atoms with van der Waals surface area (Å²) in [5, 5.41) is 3.76. The third-order valence-electron chi connectivity index (χ3n) is 4.14. The van der Waals surface area contributed by atoms with Crippen molar-refractivity contribution in [1.82, 2.24) is 10.2 Å². The topological polar surface area (TPSA) is 15.3 Å². The molecular formula is C14H28N2S. The van der Waals surface area contributed by atoms with Crippen LogP contribution in [0.25, 0.3) is 0 Å². The average Bonchev–Trinajstić information content (AvgIpc) is 2.81. The number of hydrogen-bond donors (Lipinski definition) is 1. The molecule has 0 amide bonds. The second kappa shape index (κ2) is 6.44. The summed E-state index contributed by atoms with van der Waals surface area (Å²) in [6, 6.07) is 2.37. The second-order valence-electron chi connectivity index (χ2n) is 6.01. The van der Waals surface area contributed by atoms with Crippen LogP contribution < -0.4 is 5.32 Å². The zero-order chi connectivity index (χ0) is 12.3. The van der Waals surface area contributed by atoms with Gasteiger partial charge in [0.05, 0.1) is 0 Å². The Morgan fingerprint density at radius 1 is 1.41 bits per heavy atom. The van der Waals surface area contributed by atoms with Gasteiger partial charge in [-0.2, -0.15) is 11.8 Å². The predicted octanol–water partition coefficient (Wildman–Crippen LogP) is 2.59. The van der Waals surface area contributed by atoms with Gasteiger partial charge < -0.3 is 5.32 Å². The Morgan fingerprint density at radius 3 is 2.82 bits per heavy atom. The average molecular weight is 256 g/mol. The van der Waals surface area contributed by atoms with Crippen molar-refractivity contribution in [3.05, 3.63) is 0 Å². The molecule has 0 radical (unpaired) electrons. The summed E-state index contributed by atoms with van der Waals surface area (Å²) in [5.41, 5.74) is 0. The van der Waals surface area contributed by atoms with Crippen LogP contribution in [0.5, 0.6) is 0 Å². The highest BCUT2D eigenvalue weighted by molar-refractivity contribution is 7.99. The number of nitrogens with one attached hydrogen (secondary N) is 1. The van der Waals surface area contributed by atoms with Crippen molar-refractivity contribution < 1.29 is 0 Å². The van der Waals surface area contributed by atoms with Crippen molar-refractivity contribution in [2.24, 2.45) is 5.92 Å². The predicted molar refractivity (Wildman–Crippen MR) is 77.8 cm³/mol. The van der Waals surface area contributed by atoms with Crippen LogP contribution in [-0.4, -0.2) is 47.6 Å². The maximum absolute atomic E-state index is 3.76. The highest BCUT2D eigenvalue weighted by Crippen LogP contribution is 2.27. The van der Waals surface area contributed by atoms with Gasteiger partial charge in [-0.3, -0.25) is 4.90 Å². The van der Waals surface area contributed by atoms with Gasteiger partial charge in [0.25, 0.3) is 0 Å². The van der Waals surface area contributed by atoms with Crippen LogP contribution in [0.15, 0.2) is 0 Å². The lowest BCUT2D eigenvalue weighted by molar-refractivity contribution is 0.0834. The van der Waals surface area contributed by atoms with E-state index in [2.05, 4.69) is 42.7 Å². The van der Waals surface area contributed by atoms with E-state index in [9.17, 15) is 0 Å². The van der Waals surface area contributed by atoms with E-state index in [0.717, 1.165) is 24.0 Å². The molecule has 2 nitrogen and oxygen atoms in total. The Hall–Kier alpha value is 0.270. The van der Waals surface area contributed by atoms with Crippen molar-refractivity contribution >= 4 is 11.8 Å². The highest BCUT2D eigenvalue weighted by Gasteiger charge is 2.33. The van der Waals surface area contributed by atoms with Crippen LogP contribution in [-0.2, 0) is 0 Å². The van der Waals surface area contributed by atoms with E-state index in [1.807, 2.05) is 0 Å². The highest BCUT2D eigenvalue weighted by atomic mass is 32.2. The van der Waals surface area contributed by atoms with E-state index in [0.29, 0.717) is 0 Å². The second-order valence-corrected chi connectivity index (χ2v) is 7.16. The van der Waals surface area contributed by atoms with Gasteiger partial charge in [0.2, 0.25) is 0 Å². The van der Waals surface area contributed by atoms with Gasteiger partial charge in [-0.25, -0.2) is 0 Å². The summed E-state index contributed by atoms with van der Waals surface area (Å²) in [6.45, 7) is 9.49. The molecule has 1 N–H and O–H groups in total. The van der Waals surface area contributed by atoms with Gasteiger partial charge in [-0.15, -0.1) is 0 Å². The molecule has 100 valence electrons. The van der Waals surface area contributed by atoms with Crippen LogP contribution >= 0.6 is 11.8 Å². The lowest BCUT2D eigenvalue weighted by Crippen LogP contribution is -2.59. The monoisotopic (exact) mass is 256 g/mol. The largest absolute Gasteiger partial charge is 0.311 e. The summed E-state index contributed by atoms with van der Waals surface area (Å²) < 4.78 is 0. The molecule has 2 saturated heterocycles. The van der Waals surface area contributed by atoms with Crippen LogP contribution in [0, 0.1) is 5.92 Å². The molecule has 0 aromatic rings. The molecule has 3 heteroatoms. The van der Waals surface area contributed by atoms with Gasteiger partial charge in [-0.1, -0.05) is 20.8 Å². The number of piperazine rings is 1. The summed E-state index contributed by atoms with van der Waals surface area (Å²) in [6.07, 6.45) is 4.03. The van der Waals surface area contributed by atoms with Crippen molar-refractivity contribution in [3.63, 3.8) is 0 Å². The van der Waals surface area contributed by atoms with Crippen molar-refractivity contribution in [2.75, 3.05) is 24.6 Å². The molecule has 0 aromatic carbocycles. The number of rotatable bonds is 4. The molecule has 2 aliphatic rings. The van der Waals surface area contributed by atoms with Gasteiger partial charge in [0.1, 0.15) is 0 Å². The Bertz CT molecular complexity index is 224. The molecule has 2 heterocycles. The Kier molecular flexibility index (Phi) is 5.19. The van der Waals surface area contributed by atoms with Crippen LogP contribution in [0.1, 0.15) is 40.0 Å². The molecule has 0 aromatic heterocycles. The van der Waals surface area contributed by atoms with E-state index in [1.165, 1.54) is 43.9 Å². The first-order valence-corrected chi connectivity index (χ1v) is 8.43. The van der Waals surface area contributed by atoms with E-state index in [4.69, 9.17) is 0 Å². The first-order chi connectivity index (χ1) is 8.20. The SMILES string of the molecule is CCC1CNC(CC(C)C)CN1C1CCSC1. The smallest absolute Gasteiger partial charge is 0.0222 e. The molecule has 2 fully saturated rings. The summed E-state index contributed by atoms with van der Waals surface area (Å²) in [7, 11) is 0. The van der Waals surface area contributed by atoms with Gasteiger partial charge in [0.15, 0.2) is 0 Å². The van der Waals surface area contributed by atoms with Gasteiger partial charge in [-0.05, 0) is 30.9 Å². The standard InChI is InChI=1S/C14H28N2S/c1-4-13-8-15-12(7-11(2)3)9-16(13)14-5-6-17-10-14/h11-15H,4-10H2,1-3H3. The minimum Gasteiger partial charge on any atom is -0.311 e. The first-order valence-electron chi connectivity index (χ1n) is 7.27. The molecule has 17 heavy (non-hydrogen) atoms. The molecule has 3 unspecified atom stereocenters. The van der Waals surface area contributed by atoms with E-state index < -0.39 is 0 Å². The van der Waals surface area contributed by atoms with Gasteiger partial charge in [0, 0.05) is 37.0 Å². The quantitative estimate of drug-likeness (QED) is 0.832.